The van der Waals surface area contributed by atoms with Crippen LogP contribution in [0.5, 0.6) is 0 Å². The van der Waals surface area contributed by atoms with Gasteiger partial charge in [0.25, 0.3) is 0 Å². The third kappa shape index (κ3) is 2.72. The largest absolute Gasteiger partial charge is 0.311 e. The molecule has 4 heteroatoms. The van der Waals surface area contributed by atoms with Crippen molar-refractivity contribution >= 4 is 0 Å². The first-order valence-electron chi connectivity index (χ1n) is 7.98. The van der Waals surface area contributed by atoms with E-state index >= 15 is 0 Å². The molecule has 21 heavy (non-hydrogen) atoms. The number of aryl methyl sites for hydroxylation is 2. The lowest BCUT2D eigenvalue weighted by atomic mass is 9.78. The van der Waals surface area contributed by atoms with E-state index in [4.69, 9.17) is 0 Å². The molecule has 1 heterocycles. The fraction of sp³-hybridized carbons (Fsp3) is 0.529. The zero-order chi connectivity index (χ0) is 14.7. The number of likely N-dealkylation sites (N-methyl/N-ethyl adjacent to an activating group) is 1. The minimum Gasteiger partial charge on any atom is -0.311 e. The molecule has 0 spiro atoms. The summed E-state index contributed by atoms with van der Waals surface area (Å²) >= 11 is 0. The molecule has 2 unspecified atom stereocenters. The molecule has 4 nitrogen and oxygen atoms in total. The summed E-state index contributed by atoms with van der Waals surface area (Å²) in [5.41, 5.74) is 4.21. The third-order valence-electron chi connectivity index (χ3n) is 4.53. The van der Waals surface area contributed by atoms with Gasteiger partial charge in [0.05, 0.1) is 17.9 Å². The number of nitrogens with zero attached hydrogens (tertiary/aromatic N) is 3. The lowest BCUT2D eigenvalue weighted by Gasteiger charge is -2.32. The summed E-state index contributed by atoms with van der Waals surface area (Å²) in [4.78, 5) is 0. The van der Waals surface area contributed by atoms with E-state index < -0.39 is 0 Å². The van der Waals surface area contributed by atoms with Gasteiger partial charge >= 0.3 is 0 Å². The van der Waals surface area contributed by atoms with Crippen LogP contribution in [0.1, 0.15) is 55.0 Å². The molecule has 0 saturated carbocycles. The molecule has 1 aromatic carbocycles. The number of rotatable bonds is 5. The molecule has 1 aliphatic carbocycles. The number of hydrogen-bond acceptors (Lipinski definition) is 3. The van der Waals surface area contributed by atoms with Crippen molar-refractivity contribution in [1.29, 1.82) is 0 Å². The molecule has 0 fully saturated rings. The lowest BCUT2D eigenvalue weighted by Crippen LogP contribution is -2.29. The maximum Gasteiger partial charge on any atom is 0.0762 e. The Kier molecular flexibility index (Phi) is 4.34. The van der Waals surface area contributed by atoms with E-state index in [1.165, 1.54) is 36.1 Å². The molecule has 0 saturated heterocycles. The van der Waals surface area contributed by atoms with Gasteiger partial charge in [0.15, 0.2) is 0 Å². The van der Waals surface area contributed by atoms with Gasteiger partial charge in [0.2, 0.25) is 0 Å². The fourth-order valence-corrected chi connectivity index (χ4v) is 3.59. The smallest absolute Gasteiger partial charge is 0.0762 e. The Bertz CT molecular complexity index is 590. The normalized spacial score (nSPS) is 19.2. The number of nitrogens with one attached hydrogen (secondary N) is 1. The predicted molar refractivity (Wildman–Crippen MR) is 84.2 cm³/mol. The number of hydrogen-bond donors (Lipinski definition) is 1. The average molecular weight is 284 g/mol. The van der Waals surface area contributed by atoms with E-state index in [2.05, 4.69) is 51.5 Å². The predicted octanol–water partition coefficient (Wildman–Crippen LogP) is 3.07. The van der Waals surface area contributed by atoms with Gasteiger partial charge in [-0.1, -0.05) is 36.4 Å². The summed E-state index contributed by atoms with van der Waals surface area (Å²) < 4.78 is 2.05. The zero-order valence-electron chi connectivity index (χ0n) is 12.9. The number of fused-ring (bicyclic) bond motifs is 1. The summed E-state index contributed by atoms with van der Waals surface area (Å²) in [6.07, 6.45) is 6.69. The Balaban J connectivity index is 1.96. The van der Waals surface area contributed by atoms with Crippen LogP contribution in [0, 0.1) is 0 Å². The lowest BCUT2D eigenvalue weighted by molar-refractivity contribution is 0.395. The van der Waals surface area contributed by atoms with Gasteiger partial charge in [-0.2, -0.15) is 0 Å². The molecule has 1 aromatic heterocycles. The van der Waals surface area contributed by atoms with Crippen LogP contribution in [0.15, 0.2) is 30.5 Å². The Labute approximate surface area is 126 Å². The summed E-state index contributed by atoms with van der Waals surface area (Å²) in [6.45, 7) is 3.11. The quantitative estimate of drug-likeness (QED) is 0.917. The molecule has 1 aliphatic rings. The van der Waals surface area contributed by atoms with Crippen molar-refractivity contribution in [2.45, 2.75) is 51.1 Å². The Morgan fingerprint density at radius 1 is 1.38 bits per heavy atom. The van der Waals surface area contributed by atoms with Gasteiger partial charge in [0, 0.05) is 12.5 Å². The third-order valence-corrected chi connectivity index (χ3v) is 4.53. The van der Waals surface area contributed by atoms with Crippen LogP contribution in [0.3, 0.4) is 0 Å². The summed E-state index contributed by atoms with van der Waals surface area (Å²) in [5, 5.41) is 11.9. The van der Waals surface area contributed by atoms with E-state index in [1.54, 1.807) is 0 Å². The van der Waals surface area contributed by atoms with E-state index in [9.17, 15) is 0 Å². The van der Waals surface area contributed by atoms with Crippen LogP contribution in [0.2, 0.25) is 0 Å². The molecule has 2 aromatic rings. The van der Waals surface area contributed by atoms with Gasteiger partial charge in [0.1, 0.15) is 0 Å². The van der Waals surface area contributed by atoms with Crippen molar-refractivity contribution < 1.29 is 0 Å². The van der Waals surface area contributed by atoms with E-state index in [0.29, 0.717) is 5.92 Å². The van der Waals surface area contributed by atoms with Crippen molar-refractivity contribution in [2.24, 2.45) is 0 Å². The maximum atomic E-state index is 4.25. The topological polar surface area (TPSA) is 42.7 Å². The van der Waals surface area contributed by atoms with Gasteiger partial charge in [-0.15, -0.1) is 5.10 Å². The summed E-state index contributed by atoms with van der Waals surface area (Å²) in [6, 6.07) is 9.16. The zero-order valence-corrected chi connectivity index (χ0v) is 12.9. The van der Waals surface area contributed by atoms with Gasteiger partial charge in [-0.25, -0.2) is 4.68 Å². The minimum absolute atomic E-state index is 0.285. The number of aromatic nitrogens is 3. The molecule has 112 valence electrons. The average Bonchev–Trinajstić information content (AvgIpc) is 2.97. The summed E-state index contributed by atoms with van der Waals surface area (Å²) in [5.74, 6) is 0.508. The second-order valence-electron chi connectivity index (χ2n) is 5.85. The Morgan fingerprint density at radius 3 is 3.05 bits per heavy atom. The first-order chi connectivity index (χ1) is 10.3. The molecule has 2 atom stereocenters. The molecular weight excluding hydrogens is 260 g/mol. The van der Waals surface area contributed by atoms with E-state index in [1.807, 2.05) is 13.2 Å². The van der Waals surface area contributed by atoms with Crippen molar-refractivity contribution in [1.82, 2.24) is 20.3 Å². The van der Waals surface area contributed by atoms with Crippen molar-refractivity contribution in [3.63, 3.8) is 0 Å². The second-order valence-corrected chi connectivity index (χ2v) is 5.85. The highest BCUT2D eigenvalue weighted by molar-refractivity contribution is 5.35. The van der Waals surface area contributed by atoms with E-state index in [0.717, 1.165) is 13.0 Å². The second kappa shape index (κ2) is 6.39. The van der Waals surface area contributed by atoms with Crippen LogP contribution in [-0.2, 0) is 13.0 Å². The fourth-order valence-electron chi connectivity index (χ4n) is 3.59. The van der Waals surface area contributed by atoms with Crippen LogP contribution in [0.4, 0.5) is 0 Å². The van der Waals surface area contributed by atoms with Crippen LogP contribution >= 0.6 is 0 Å². The molecule has 0 aliphatic heterocycles. The molecule has 3 rings (SSSR count). The van der Waals surface area contributed by atoms with Crippen molar-refractivity contribution in [2.75, 3.05) is 7.05 Å². The Morgan fingerprint density at radius 2 is 2.24 bits per heavy atom. The van der Waals surface area contributed by atoms with Gasteiger partial charge < -0.3 is 5.32 Å². The number of benzene rings is 1. The molecular formula is C17H24N4. The molecule has 1 N–H and O–H groups in total. The minimum atomic E-state index is 0.285. The first kappa shape index (κ1) is 14.3. The van der Waals surface area contributed by atoms with Crippen LogP contribution in [0.25, 0.3) is 0 Å². The van der Waals surface area contributed by atoms with Gasteiger partial charge in [-0.3, -0.25) is 0 Å². The summed E-state index contributed by atoms with van der Waals surface area (Å²) in [7, 11) is 2.05. The Hall–Kier alpha value is -1.68. The van der Waals surface area contributed by atoms with E-state index in [-0.39, 0.29) is 6.04 Å². The molecule has 0 amide bonds. The highest BCUT2D eigenvalue weighted by atomic mass is 15.4. The van der Waals surface area contributed by atoms with Crippen molar-refractivity contribution in [3.8, 4) is 0 Å². The van der Waals surface area contributed by atoms with Crippen LogP contribution in [-0.4, -0.2) is 22.0 Å². The first-order valence-corrected chi connectivity index (χ1v) is 7.98. The molecule has 0 radical (unpaired) electrons. The highest BCUT2D eigenvalue weighted by Gasteiger charge is 2.30. The molecule has 0 bridgehead atoms. The standard InChI is InChI=1S/C17H24N4/c1-3-11-21-16(12-19-20-21)17(18-2)15-10-6-8-13-7-4-5-9-14(13)15/h4-5,7,9,12,15,17-18H,3,6,8,10-11H2,1-2H3. The maximum absolute atomic E-state index is 4.25. The van der Waals surface area contributed by atoms with Crippen LogP contribution < -0.4 is 5.32 Å². The van der Waals surface area contributed by atoms with Gasteiger partial charge in [-0.05, 0) is 43.9 Å². The highest BCUT2D eigenvalue weighted by Crippen LogP contribution is 2.39. The monoisotopic (exact) mass is 284 g/mol. The van der Waals surface area contributed by atoms with Crippen molar-refractivity contribution in [3.05, 3.63) is 47.3 Å². The SMILES string of the molecule is CCCn1nncc1C(NC)C1CCCc2ccccc21.